The third kappa shape index (κ3) is 2.18. The normalized spacial score (nSPS) is 13.4. The lowest BCUT2D eigenvalue weighted by atomic mass is 10.1. The van der Waals surface area contributed by atoms with Crippen LogP contribution in [0.15, 0.2) is 36.4 Å². The van der Waals surface area contributed by atoms with Gasteiger partial charge in [-0.25, -0.2) is 0 Å². The number of benzene rings is 2. The van der Waals surface area contributed by atoms with Gasteiger partial charge in [-0.3, -0.25) is 4.79 Å². The molecule has 20 heavy (non-hydrogen) atoms. The number of nitrogens with zero attached hydrogens (tertiary/aromatic N) is 1. The molecule has 3 nitrogen and oxygen atoms in total. The summed E-state index contributed by atoms with van der Waals surface area (Å²) in [5, 5.41) is 2.20. The van der Waals surface area contributed by atoms with Crippen LogP contribution in [0.25, 0.3) is 10.8 Å². The van der Waals surface area contributed by atoms with E-state index in [1.165, 1.54) is 0 Å². The molecule has 104 valence electrons. The van der Waals surface area contributed by atoms with Gasteiger partial charge in [-0.2, -0.15) is 0 Å². The Morgan fingerprint density at radius 2 is 1.90 bits per heavy atom. The maximum Gasteiger partial charge on any atom is 0.259 e. The molecule has 1 aliphatic rings. The van der Waals surface area contributed by atoms with Gasteiger partial charge < -0.3 is 9.64 Å². The molecule has 1 aliphatic heterocycles. The second-order valence-electron chi connectivity index (χ2n) is 5.10. The van der Waals surface area contributed by atoms with E-state index in [9.17, 15) is 4.79 Å². The topological polar surface area (TPSA) is 29.5 Å². The molecule has 0 aliphatic carbocycles. The summed E-state index contributed by atoms with van der Waals surface area (Å²) in [7, 11) is 0. The molecule has 0 saturated heterocycles. The van der Waals surface area contributed by atoms with Crippen LogP contribution in [0.1, 0.15) is 30.1 Å². The molecule has 0 N–H and O–H groups in total. The van der Waals surface area contributed by atoms with Gasteiger partial charge in [-0.05, 0) is 23.9 Å². The molecule has 3 rings (SSSR count). The first-order valence-electron chi connectivity index (χ1n) is 7.24. The predicted octanol–water partition coefficient (Wildman–Crippen LogP) is 3.62. The van der Waals surface area contributed by atoms with Crippen molar-refractivity contribution < 1.29 is 9.53 Å². The highest BCUT2D eigenvalue weighted by atomic mass is 16.5. The smallest absolute Gasteiger partial charge is 0.259 e. The van der Waals surface area contributed by atoms with Gasteiger partial charge in [0.2, 0.25) is 0 Å². The fourth-order valence-electron chi connectivity index (χ4n) is 2.71. The third-order valence-corrected chi connectivity index (χ3v) is 3.75. The fourth-order valence-corrected chi connectivity index (χ4v) is 2.71. The summed E-state index contributed by atoms with van der Waals surface area (Å²) in [6, 6.07) is 12.0. The molecule has 1 heterocycles. The van der Waals surface area contributed by atoms with Crippen molar-refractivity contribution in [3.63, 3.8) is 0 Å². The van der Waals surface area contributed by atoms with Gasteiger partial charge in [0, 0.05) is 24.1 Å². The van der Waals surface area contributed by atoms with Crippen molar-refractivity contribution in [1.29, 1.82) is 0 Å². The minimum Gasteiger partial charge on any atom is -0.380 e. The number of rotatable bonds is 6. The molecule has 0 bridgehead atoms. The Hall–Kier alpha value is -1.87. The highest BCUT2D eigenvalue weighted by Crippen LogP contribution is 2.36. The van der Waals surface area contributed by atoms with Crippen molar-refractivity contribution in [2.24, 2.45) is 0 Å². The van der Waals surface area contributed by atoms with Crippen LogP contribution in [-0.4, -0.2) is 25.7 Å². The molecule has 0 fully saturated rings. The van der Waals surface area contributed by atoms with E-state index in [0.29, 0.717) is 13.2 Å². The van der Waals surface area contributed by atoms with Gasteiger partial charge in [-0.1, -0.05) is 37.6 Å². The summed E-state index contributed by atoms with van der Waals surface area (Å²) < 4.78 is 5.59. The number of ether oxygens (including phenoxy) is 1. The number of carbonyl (C=O) groups is 1. The molecule has 2 aromatic rings. The standard InChI is InChI=1S/C17H19NO2/c1-2-3-11-20-12-10-18-15-9-5-7-13-6-4-8-14(16(13)15)17(18)19/h4-9H,2-3,10-12H2,1H3. The van der Waals surface area contributed by atoms with Crippen molar-refractivity contribution in [2.45, 2.75) is 19.8 Å². The van der Waals surface area contributed by atoms with E-state index < -0.39 is 0 Å². The van der Waals surface area contributed by atoms with Crippen LogP contribution in [-0.2, 0) is 4.74 Å². The first-order valence-corrected chi connectivity index (χ1v) is 7.24. The van der Waals surface area contributed by atoms with Crippen molar-refractivity contribution in [2.75, 3.05) is 24.7 Å². The van der Waals surface area contributed by atoms with Crippen LogP contribution in [0.2, 0.25) is 0 Å². The van der Waals surface area contributed by atoms with E-state index in [4.69, 9.17) is 4.74 Å². The Bertz CT molecular complexity index is 631. The van der Waals surface area contributed by atoms with Crippen LogP contribution >= 0.6 is 0 Å². The molecule has 0 atom stereocenters. The van der Waals surface area contributed by atoms with Gasteiger partial charge in [0.1, 0.15) is 0 Å². The minimum atomic E-state index is 0.0934. The zero-order valence-corrected chi connectivity index (χ0v) is 11.8. The Kier molecular flexibility index (Phi) is 3.70. The fraction of sp³-hybridized carbons (Fsp3) is 0.353. The number of hydrogen-bond donors (Lipinski definition) is 0. The van der Waals surface area contributed by atoms with Crippen LogP contribution < -0.4 is 4.90 Å². The molecule has 0 radical (unpaired) electrons. The number of anilines is 1. The largest absolute Gasteiger partial charge is 0.380 e. The summed E-state index contributed by atoms with van der Waals surface area (Å²) in [6.07, 6.45) is 2.21. The van der Waals surface area contributed by atoms with Crippen molar-refractivity contribution in [1.82, 2.24) is 0 Å². The third-order valence-electron chi connectivity index (χ3n) is 3.75. The molecular formula is C17H19NO2. The lowest BCUT2D eigenvalue weighted by molar-refractivity contribution is 0.0965. The average Bonchev–Trinajstić information content (AvgIpc) is 2.75. The first kappa shape index (κ1) is 13.1. The summed E-state index contributed by atoms with van der Waals surface area (Å²) in [5.74, 6) is 0.0934. The summed E-state index contributed by atoms with van der Waals surface area (Å²) >= 11 is 0. The van der Waals surface area contributed by atoms with E-state index >= 15 is 0 Å². The van der Waals surface area contributed by atoms with E-state index in [1.54, 1.807) is 0 Å². The number of amides is 1. The highest BCUT2D eigenvalue weighted by Gasteiger charge is 2.28. The zero-order valence-electron chi connectivity index (χ0n) is 11.8. The number of unbranched alkanes of at least 4 members (excludes halogenated alkanes) is 1. The maximum atomic E-state index is 12.5. The Balaban J connectivity index is 1.79. The monoisotopic (exact) mass is 269 g/mol. The quantitative estimate of drug-likeness (QED) is 0.750. The molecule has 0 unspecified atom stereocenters. The SMILES string of the molecule is CCCCOCCN1C(=O)c2cccc3cccc1c23. The molecular weight excluding hydrogens is 250 g/mol. The maximum absolute atomic E-state index is 12.5. The van der Waals surface area contributed by atoms with Gasteiger partial charge in [0.15, 0.2) is 0 Å². The van der Waals surface area contributed by atoms with Gasteiger partial charge >= 0.3 is 0 Å². The first-order chi connectivity index (χ1) is 9.83. The van der Waals surface area contributed by atoms with Gasteiger partial charge in [0.05, 0.1) is 12.3 Å². The van der Waals surface area contributed by atoms with Crippen LogP contribution in [0.4, 0.5) is 5.69 Å². The minimum absolute atomic E-state index is 0.0934. The lowest BCUT2D eigenvalue weighted by Gasteiger charge is -2.17. The van der Waals surface area contributed by atoms with E-state index in [2.05, 4.69) is 19.1 Å². The van der Waals surface area contributed by atoms with E-state index in [1.807, 2.05) is 29.2 Å². The average molecular weight is 269 g/mol. The van der Waals surface area contributed by atoms with Crippen LogP contribution in [0.3, 0.4) is 0 Å². The van der Waals surface area contributed by atoms with Crippen molar-refractivity contribution in [3.8, 4) is 0 Å². The van der Waals surface area contributed by atoms with Gasteiger partial charge in [-0.15, -0.1) is 0 Å². The molecule has 2 aromatic carbocycles. The lowest BCUT2D eigenvalue weighted by Crippen LogP contribution is -2.30. The number of hydrogen-bond acceptors (Lipinski definition) is 2. The van der Waals surface area contributed by atoms with Crippen LogP contribution in [0, 0.1) is 0 Å². The molecule has 3 heteroatoms. The van der Waals surface area contributed by atoms with Gasteiger partial charge in [0.25, 0.3) is 5.91 Å². The zero-order chi connectivity index (χ0) is 13.9. The van der Waals surface area contributed by atoms with Crippen molar-refractivity contribution in [3.05, 3.63) is 42.0 Å². The summed E-state index contributed by atoms with van der Waals surface area (Å²) in [6.45, 7) is 4.13. The molecule has 1 amide bonds. The number of carbonyl (C=O) groups excluding carboxylic acids is 1. The molecule has 0 aromatic heterocycles. The summed E-state index contributed by atoms with van der Waals surface area (Å²) in [5.41, 5.74) is 1.83. The highest BCUT2D eigenvalue weighted by molar-refractivity contribution is 6.24. The Labute approximate surface area is 119 Å². The Morgan fingerprint density at radius 3 is 2.70 bits per heavy atom. The van der Waals surface area contributed by atoms with E-state index in [0.717, 1.165) is 41.5 Å². The second kappa shape index (κ2) is 5.63. The summed E-state index contributed by atoms with van der Waals surface area (Å²) in [4.78, 5) is 14.3. The second-order valence-corrected chi connectivity index (χ2v) is 5.10. The molecule has 0 spiro atoms. The van der Waals surface area contributed by atoms with Crippen LogP contribution in [0.5, 0.6) is 0 Å². The van der Waals surface area contributed by atoms with Crippen molar-refractivity contribution >= 4 is 22.4 Å². The van der Waals surface area contributed by atoms with E-state index in [-0.39, 0.29) is 5.91 Å². The predicted molar refractivity (Wildman–Crippen MR) is 81.4 cm³/mol. The molecule has 0 saturated carbocycles. The Morgan fingerprint density at radius 1 is 1.10 bits per heavy atom.